The summed E-state index contributed by atoms with van der Waals surface area (Å²) in [5, 5.41) is 16.6. The normalized spacial score (nSPS) is 20.9. The summed E-state index contributed by atoms with van der Waals surface area (Å²) in [5.41, 5.74) is 1.39. The number of aliphatic hydroxyl groups is 1. The Hall–Kier alpha value is -0.720. The van der Waals surface area contributed by atoms with Crippen LogP contribution < -0.4 is 0 Å². The summed E-state index contributed by atoms with van der Waals surface area (Å²) in [6.45, 7) is 2.78. The van der Waals surface area contributed by atoms with E-state index >= 15 is 0 Å². The van der Waals surface area contributed by atoms with Crippen LogP contribution in [0.1, 0.15) is 29.3 Å². The zero-order chi connectivity index (χ0) is 14.5. The van der Waals surface area contributed by atoms with E-state index in [1.165, 1.54) is 23.3 Å². The molecule has 2 aromatic heterocycles. The van der Waals surface area contributed by atoms with Crippen molar-refractivity contribution in [2.45, 2.75) is 31.6 Å². The van der Waals surface area contributed by atoms with E-state index in [1.807, 2.05) is 11.4 Å². The molecule has 0 amide bonds. The van der Waals surface area contributed by atoms with E-state index in [0.29, 0.717) is 25.8 Å². The Morgan fingerprint density at radius 3 is 3.10 bits per heavy atom. The molecule has 0 saturated carbocycles. The summed E-state index contributed by atoms with van der Waals surface area (Å²) < 4.78 is 5.61. The molecule has 114 valence electrons. The molecule has 1 saturated heterocycles. The molecule has 3 rings (SSSR count). The van der Waals surface area contributed by atoms with Crippen molar-refractivity contribution in [2.24, 2.45) is 0 Å². The van der Waals surface area contributed by atoms with Crippen LogP contribution in [-0.4, -0.2) is 35.8 Å². The van der Waals surface area contributed by atoms with E-state index < -0.39 is 6.10 Å². The van der Waals surface area contributed by atoms with Crippen LogP contribution in [0.4, 0.5) is 0 Å². The summed E-state index contributed by atoms with van der Waals surface area (Å²) in [6.07, 6.45) is 1.99. The number of aliphatic hydroxyl groups excluding tert-OH is 1. The second-order valence-electron chi connectivity index (χ2n) is 5.46. The van der Waals surface area contributed by atoms with Crippen LogP contribution in [0.2, 0.25) is 0 Å². The van der Waals surface area contributed by atoms with E-state index in [1.54, 1.807) is 22.7 Å². The molecule has 0 aliphatic carbocycles. The van der Waals surface area contributed by atoms with Gasteiger partial charge in [-0.15, -0.1) is 11.3 Å². The van der Waals surface area contributed by atoms with Gasteiger partial charge in [-0.05, 0) is 53.2 Å². The van der Waals surface area contributed by atoms with Crippen LogP contribution in [0, 0.1) is 0 Å². The van der Waals surface area contributed by atoms with Crippen LogP contribution >= 0.6 is 22.7 Å². The summed E-state index contributed by atoms with van der Waals surface area (Å²) in [4.78, 5) is 3.60. The SMILES string of the molecule is OC(COCc1cccs1)CN1CCCC1c1ccsc1. The van der Waals surface area contributed by atoms with Crippen LogP contribution in [0.25, 0.3) is 0 Å². The highest BCUT2D eigenvalue weighted by Gasteiger charge is 2.27. The minimum Gasteiger partial charge on any atom is -0.389 e. The van der Waals surface area contributed by atoms with Crippen molar-refractivity contribution in [1.82, 2.24) is 4.90 Å². The van der Waals surface area contributed by atoms with Gasteiger partial charge in [0.25, 0.3) is 0 Å². The van der Waals surface area contributed by atoms with Gasteiger partial charge >= 0.3 is 0 Å². The molecular weight excluding hydrogens is 302 g/mol. The second kappa shape index (κ2) is 7.51. The molecule has 3 nitrogen and oxygen atoms in total. The lowest BCUT2D eigenvalue weighted by Crippen LogP contribution is -2.34. The first-order valence-corrected chi connectivity index (χ1v) is 9.19. The Balaban J connectivity index is 1.44. The summed E-state index contributed by atoms with van der Waals surface area (Å²) in [6, 6.07) is 6.76. The standard InChI is InChI=1S/C16H21NO2S2/c18-14(10-19-11-15-3-2-7-21-15)9-17-6-1-4-16(17)13-5-8-20-12-13/h2-3,5,7-8,12,14,16,18H,1,4,6,9-11H2. The van der Waals surface area contributed by atoms with Crippen LogP contribution in [0.3, 0.4) is 0 Å². The van der Waals surface area contributed by atoms with Crippen molar-refractivity contribution in [1.29, 1.82) is 0 Å². The van der Waals surface area contributed by atoms with E-state index in [9.17, 15) is 5.11 Å². The maximum Gasteiger partial charge on any atom is 0.0900 e. The predicted octanol–water partition coefficient (Wildman–Crippen LogP) is 3.52. The molecule has 0 radical (unpaired) electrons. The number of likely N-dealkylation sites (tertiary alicyclic amines) is 1. The molecule has 1 aliphatic rings. The Bertz CT molecular complexity index is 512. The lowest BCUT2D eigenvalue weighted by molar-refractivity contribution is 0.00850. The Morgan fingerprint density at radius 2 is 2.33 bits per heavy atom. The molecule has 2 unspecified atom stereocenters. The van der Waals surface area contributed by atoms with Crippen molar-refractivity contribution in [2.75, 3.05) is 19.7 Å². The molecule has 1 aliphatic heterocycles. The average molecular weight is 323 g/mol. The highest BCUT2D eigenvalue weighted by atomic mass is 32.1. The molecule has 21 heavy (non-hydrogen) atoms. The number of ether oxygens (including phenoxy) is 1. The Kier molecular flexibility index (Phi) is 5.43. The molecule has 5 heteroatoms. The average Bonchev–Trinajstić information content (AvgIpc) is 3.20. The number of thiophene rings is 2. The van der Waals surface area contributed by atoms with Gasteiger partial charge in [0.05, 0.1) is 19.3 Å². The zero-order valence-electron chi connectivity index (χ0n) is 12.0. The van der Waals surface area contributed by atoms with Crippen molar-refractivity contribution < 1.29 is 9.84 Å². The third kappa shape index (κ3) is 4.14. The summed E-state index contributed by atoms with van der Waals surface area (Å²) in [5.74, 6) is 0. The van der Waals surface area contributed by atoms with Crippen LogP contribution in [0.15, 0.2) is 34.3 Å². The van der Waals surface area contributed by atoms with E-state index in [-0.39, 0.29) is 0 Å². The quantitative estimate of drug-likeness (QED) is 0.846. The number of hydrogen-bond acceptors (Lipinski definition) is 5. The van der Waals surface area contributed by atoms with Crippen molar-refractivity contribution in [3.63, 3.8) is 0 Å². The third-order valence-corrected chi connectivity index (χ3v) is 5.42. The summed E-state index contributed by atoms with van der Waals surface area (Å²) >= 11 is 3.44. The number of nitrogens with zero attached hydrogens (tertiary/aromatic N) is 1. The van der Waals surface area contributed by atoms with E-state index in [2.05, 4.69) is 27.8 Å². The smallest absolute Gasteiger partial charge is 0.0900 e. The molecular formula is C16H21NO2S2. The predicted molar refractivity (Wildman–Crippen MR) is 87.8 cm³/mol. The molecule has 1 fully saturated rings. The number of hydrogen-bond donors (Lipinski definition) is 1. The monoisotopic (exact) mass is 323 g/mol. The van der Waals surface area contributed by atoms with Gasteiger partial charge in [0.2, 0.25) is 0 Å². The fraction of sp³-hybridized carbons (Fsp3) is 0.500. The van der Waals surface area contributed by atoms with E-state index in [4.69, 9.17) is 4.74 Å². The van der Waals surface area contributed by atoms with Gasteiger partial charge in [-0.2, -0.15) is 11.3 Å². The fourth-order valence-corrected chi connectivity index (χ4v) is 4.25. The minimum atomic E-state index is -0.413. The van der Waals surface area contributed by atoms with Crippen molar-refractivity contribution in [3.8, 4) is 0 Å². The molecule has 2 atom stereocenters. The molecule has 0 aromatic carbocycles. The van der Waals surface area contributed by atoms with E-state index in [0.717, 1.165) is 6.54 Å². The third-order valence-electron chi connectivity index (χ3n) is 3.87. The zero-order valence-corrected chi connectivity index (χ0v) is 13.6. The first-order valence-electron chi connectivity index (χ1n) is 7.37. The first kappa shape index (κ1) is 15.2. The molecule has 1 N–H and O–H groups in total. The maximum absolute atomic E-state index is 10.2. The van der Waals surface area contributed by atoms with Gasteiger partial charge in [-0.1, -0.05) is 6.07 Å². The number of β-amino-alcohol motifs (C(OH)–C–C–N with tert-alkyl or cyclic N) is 1. The highest BCUT2D eigenvalue weighted by Crippen LogP contribution is 2.32. The molecule has 0 bridgehead atoms. The number of rotatable bonds is 7. The molecule has 3 heterocycles. The molecule has 2 aromatic rings. The fourth-order valence-electron chi connectivity index (χ4n) is 2.90. The first-order chi connectivity index (χ1) is 10.3. The summed E-state index contributed by atoms with van der Waals surface area (Å²) in [7, 11) is 0. The highest BCUT2D eigenvalue weighted by molar-refractivity contribution is 7.09. The lowest BCUT2D eigenvalue weighted by atomic mass is 10.1. The van der Waals surface area contributed by atoms with Gasteiger partial charge in [-0.3, -0.25) is 4.90 Å². The van der Waals surface area contributed by atoms with Gasteiger partial charge < -0.3 is 9.84 Å². The largest absolute Gasteiger partial charge is 0.389 e. The second-order valence-corrected chi connectivity index (χ2v) is 7.27. The topological polar surface area (TPSA) is 32.7 Å². The van der Waals surface area contributed by atoms with Gasteiger partial charge in [0, 0.05) is 17.5 Å². The lowest BCUT2D eigenvalue weighted by Gasteiger charge is -2.26. The Labute approximate surface area is 133 Å². The van der Waals surface area contributed by atoms with Crippen molar-refractivity contribution >= 4 is 22.7 Å². The Morgan fingerprint density at radius 1 is 1.38 bits per heavy atom. The van der Waals surface area contributed by atoms with Crippen LogP contribution in [-0.2, 0) is 11.3 Å². The van der Waals surface area contributed by atoms with Crippen molar-refractivity contribution in [3.05, 3.63) is 44.8 Å². The maximum atomic E-state index is 10.2. The molecule has 0 spiro atoms. The van der Waals surface area contributed by atoms with Gasteiger partial charge in [0.15, 0.2) is 0 Å². The van der Waals surface area contributed by atoms with Gasteiger partial charge in [-0.25, -0.2) is 0 Å². The minimum absolute atomic E-state index is 0.407. The van der Waals surface area contributed by atoms with Gasteiger partial charge in [0.1, 0.15) is 0 Å². The van der Waals surface area contributed by atoms with Crippen LogP contribution in [0.5, 0.6) is 0 Å².